The van der Waals surface area contributed by atoms with Gasteiger partial charge < -0.3 is 25.0 Å². The van der Waals surface area contributed by atoms with Crippen LogP contribution in [0.5, 0.6) is 11.5 Å². The number of amides is 2. The van der Waals surface area contributed by atoms with Crippen LogP contribution in [-0.2, 0) is 0 Å². The number of nitrogens with one attached hydrogen (secondary N) is 2. The van der Waals surface area contributed by atoms with E-state index in [0.29, 0.717) is 34.9 Å². The van der Waals surface area contributed by atoms with Gasteiger partial charge in [0.05, 0.1) is 25.3 Å². The number of benzene rings is 2. The summed E-state index contributed by atoms with van der Waals surface area (Å²) in [5.41, 5.74) is 2.44. The summed E-state index contributed by atoms with van der Waals surface area (Å²) in [7, 11) is 3.07. The number of hydrogen-bond acceptors (Lipinski definition) is 5. The lowest BCUT2D eigenvalue weighted by Gasteiger charge is -2.30. The molecule has 31 heavy (non-hydrogen) atoms. The average molecular weight is 426 g/mol. The first-order valence-corrected chi connectivity index (χ1v) is 10.8. The molecule has 0 aromatic heterocycles. The van der Waals surface area contributed by atoms with Crippen molar-refractivity contribution in [3.8, 4) is 11.5 Å². The highest BCUT2D eigenvalue weighted by atomic mass is 16.5. The van der Waals surface area contributed by atoms with Gasteiger partial charge in [-0.05, 0) is 56.0 Å². The van der Waals surface area contributed by atoms with E-state index >= 15 is 0 Å². The number of hydrogen-bond donors (Lipinski definition) is 2. The molecule has 7 nitrogen and oxygen atoms in total. The van der Waals surface area contributed by atoms with Crippen molar-refractivity contribution in [1.82, 2.24) is 5.32 Å². The van der Waals surface area contributed by atoms with Crippen LogP contribution in [0.1, 0.15) is 53.3 Å². The summed E-state index contributed by atoms with van der Waals surface area (Å²) in [6, 6.07) is 10.5. The first-order valence-electron chi connectivity index (χ1n) is 10.8. The van der Waals surface area contributed by atoms with Gasteiger partial charge in [0.1, 0.15) is 11.5 Å². The van der Waals surface area contributed by atoms with E-state index in [1.54, 1.807) is 31.4 Å². The van der Waals surface area contributed by atoms with Crippen LogP contribution in [0.15, 0.2) is 36.4 Å². The van der Waals surface area contributed by atoms with E-state index in [1.165, 1.54) is 13.5 Å². The average Bonchev–Trinajstić information content (AvgIpc) is 2.82. The summed E-state index contributed by atoms with van der Waals surface area (Å²) >= 11 is 0. The molecule has 0 bridgehead atoms. The van der Waals surface area contributed by atoms with Crippen LogP contribution in [0, 0.1) is 0 Å². The number of anilines is 2. The number of ether oxygens (including phenoxy) is 2. The molecule has 1 heterocycles. The summed E-state index contributed by atoms with van der Waals surface area (Å²) in [4.78, 5) is 28.0. The van der Waals surface area contributed by atoms with E-state index in [-0.39, 0.29) is 11.8 Å². The minimum Gasteiger partial charge on any atom is -0.497 e. The Bertz CT molecular complexity index is 923. The summed E-state index contributed by atoms with van der Waals surface area (Å²) < 4.78 is 10.5. The van der Waals surface area contributed by atoms with Crippen molar-refractivity contribution in [3.05, 3.63) is 47.5 Å². The summed E-state index contributed by atoms with van der Waals surface area (Å²) in [5.74, 6) is 0.586. The van der Waals surface area contributed by atoms with Crippen molar-refractivity contribution in [2.45, 2.75) is 32.6 Å². The standard InChI is InChI=1S/C24H31N3O4/c1-4-12-25-23(28)20-15-17(8-11-21(20)27-13-6-5-7-14-27)26-24(29)19-10-9-18(30-2)16-22(19)31-3/h8-11,15-16H,4-7,12-14H2,1-3H3,(H,25,28)(H,26,29). The molecule has 1 aliphatic rings. The molecule has 0 aliphatic carbocycles. The van der Waals surface area contributed by atoms with Gasteiger partial charge in [0, 0.05) is 37.1 Å². The molecule has 2 amide bonds. The van der Waals surface area contributed by atoms with E-state index in [0.717, 1.165) is 38.0 Å². The fourth-order valence-electron chi connectivity index (χ4n) is 3.72. The molecular formula is C24H31N3O4. The third-order valence-corrected chi connectivity index (χ3v) is 5.38. The van der Waals surface area contributed by atoms with Gasteiger partial charge >= 0.3 is 0 Å². The van der Waals surface area contributed by atoms with Crippen molar-refractivity contribution >= 4 is 23.2 Å². The maximum absolute atomic E-state index is 12.9. The maximum atomic E-state index is 12.9. The quantitative estimate of drug-likeness (QED) is 0.666. The highest BCUT2D eigenvalue weighted by molar-refractivity contribution is 6.08. The number of nitrogens with zero attached hydrogens (tertiary/aromatic N) is 1. The van der Waals surface area contributed by atoms with Gasteiger partial charge in [0.15, 0.2) is 0 Å². The van der Waals surface area contributed by atoms with Crippen LogP contribution in [-0.4, -0.2) is 45.7 Å². The predicted molar refractivity (Wildman–Crippen MR) is 123 cm³/mol. The Morgan fingerprint density at radius 1 is 0.935 bits per heavy atom. The molecule has 2 aromatic carbocycles. The normalized spacial score (nSPS) is 13.5. The van der Waals surface area contributed by atoms with E-state index in [2.05, 4.69) is 15.5 Å². The van der Waals surface area contributed by atoms with Gasteiger partial charge in [-0.15, -0.1) is 0 Å². The van der Waals surface area contributed by atoms with E-state index in [4.69, 9.17) is 9.47 Å². The smallest absolute Gasteiger partial charge is 0.259 e. The first-order chi connectivity index (χ1) is 15.1. The van der Waals surface area contributed by atoms with Crippen LogP contribution in [0.25, 0.3) is 0 Å². The predicted octanol–water partition coefficient (Wildman–Crippen LogP) is 4.09. The molecule has 166 valence electrons. The van der Waals surface area contributed by atoms with Crippen LogP contribution in [0.3, 0.4) is 0 Å². The molecular weight excluding hydrogens is 394 g/mol. The van der Waals surface area contributed by atoms with E-state index in [1.807, 2.05) is 19.1 Å². The molecule has 2 N–H and O–H groups in total. The third-order valence-electron chi connectivity index (χ3n) is 5.38. The van der Waals surface area contributed by atoms with E-state index in [9.17, 15) is 9.59 Å². The first kappa shape index (κ1) is 22.5. The molecule has 1 fully saturated rings. The van der Waals surface area contributed by atoms with Gasteiger partial charge in [-0.2, -0.15) is 0 Å². The Kier molecular flexibility index (Phi) is 7.76. The van der Waals surface area contributed by atoms with Crippen LogP contribution in [0.4, 0.5) is 11.4 Å². The van der Waals surface area contributed by atoms with Crippen molar-refractivity contribution in [2.75, 3.05) is 44.1 Å². The summed E-state index contributed by atoms with van der Waals surface area (Å²) in [6.45, 7) is 4.49. The SMILES string of the molecule is CCCNC(=O)c1cc(NC(=O)c2ccc(OC)cc2OC)ccc1N1CCCCC1. The highest BCUT2D eigenvalue weighted by Gasteiger charge is 2.20. The summed E-state index contributed by atoms with van der Waals surface area (Å²) in [5, 5.41) is 5.85. The minimum atomic E-state index is -0.315. The fraction of sp³-hybridized carbons (Fsp3) is 0.417. The molecule has 7 heteroatoms. The zero-order valence-corrected chi connectivity index (χ0v) is 18.5. The Morgan fingerprint density at radius 3 is 2.39 bits per heavy atom. The van der Waals surface area contributed by atoms with Crippen LogP contribution >= 0.6 is 0 Å². The topological polar surface area (TPSA) is 79.9 Å². The van der Waals surface area contributed by atoms with Gasteiger partial charge in [-0.3, -0.25) is 9.59 Å². The number of piperidine rings is 1. The molecule has 0 spiro atoms. The van der Waals surface area contributed by atoms with Gasteiger partial charge in [-0.25, -0.2) is 0 Å². The van der Waals surface area contributed by atoms with Gasteiger partial charge in [-0.1, -0.05) is 6.92 Å². The molecule has 3 rings (SSSR count). The zero-order chi connectivity index (χ0) is 22.2. The third kappa shape index (κ3) is 5.48. The monoisotopic (exact) mass is 425 g/mol. The molecule has 1 aliphatic heterocycles. The largest absolute Gasteiger partial charge is 0.497 e. The molecule has 0 atom stereocenters. The van der Waals surface area contributed by atoms with Gasteiger partial charge in [0.25, 0.3) is 11.8 Å². The second-order valence-electron chi connectivity index (χ2n) is 7.56. The zero-order valence-electron chi connectivity index (χ0n) is 18.5. The second-order valence-corrected chi connectivity index (χ2v) is 7.56. The molecule has 1 saturated heterocycles. The van der Waals surface area contributed by atoms with E-state index < -0.39 is 0 Å². The number of carbonyl (C=O) groups is 2. The lowest BCUT2D eigenvalue weighted by atomic mass is 10.1. The number of carbonyl (C=O) groups excluding carboxylic acids is 2. The molecule has 2 aromatic rings. The van der Waals surface area contributed by atoms with Crippen LogP contribution < -0.4 is 25.0 Å². The number of rotatable bonds is 8. The van der Waals surface area contributed by atoms with Crippen molar-refractivity contribution < 1.29 is 19.1 Å². The fourth-order valence-corrected chi connectivity index (χ4v) is 3.72. The Hall–Kier alpha value is -3.22. The Labute approximate surface area is 183 Å². The second kappa shape index (κ2) is 10.7. The van der Waals surface area contributed by atoms with Crippen molar-refractivity contribution in [1.29, 1.82) is 0 Å². The lowest BCUT2D eigenvalue weighted by Crippen LogP contribution is -2.33. The van der Waals surface area contributed by atoms with Crippen molar-refractivity contribution in [2.24, 2.45) is 0 Å². The number of methoxy groups -OCH3 is 2. The summed E-state index contributed by atoms with van der Waals surface area (Å²) in [6.07, 6.45) is 4.31. The molecule has 0 saturated carbocycles. The minimum absolute atomic E-state index is 0.124. The Morgan fingerprint density at radius 2 is 1.71 bits per heavy atom. The molecule has 0 unspecified atom stereocenters. The highest BCUT2D eigenvalue weighted by Crippen LogP contribution is 2.29. The lowest BCUT2D eigenvalue weighted by molar-refractivity contribution is 0.0952. The van der Waals surface area contributed by atoms with Gasteiger partial charge in [0.2, 0.25) is 0 Å². The maximum Gasteiger partial charge on any atom is 0.259 e. The molecule has 0 radical (unpaired) electrons. The van der Waals surface area contributed by atoms with Crippen LogP contribution in [0.2, 0.25) is 0 Å². The van der Waals surface area contributed by atoms with Crippen molar-refractivity contribution in [3.63, 3.8) is 0 Å². The Balaban J connectivity index is 1.87.